The van der Waals surface area contributed by atoms with Gasteiger partial charge in [-0.25, -0.2) is 4.79 Å². The normalized spacial score (nSPS) is 12.1. The molecular formula is C6H14N4O3. The third-order valence-corrected chi connectivity index (χ3v) is 1.25. The molecule has 13 heavy (non-hydrogen) atoms. The molecule has 0 bridgehead atoms. The van der Waals surface area contributed by atoms with E-state index in [0.29, 0.717) is 6.54 Å². The molecule has 7 heteroatoms. The molecule has 0 heterocycles. The third kappa shape index (κ3) is 7.04. The zero-order valence-electron chi connectivity index (χ0n) is 7.16. The molecule has 0 aliphatic heterocycles. The van der Waals surface area contributed by atoms with Gasteiger partial charge in [-0.15, -0.1) is 0 Å². The molecule has 76 valence electrons. The Morgan fingerprint density at radius 3 is 2.46 bits per heavy atom. The molecule has 0 saturated carbocycles. The van der Waals surface area contributed by atoms with Crippen LogP contribution in [0, 0.1) is 0 Å². The molecule has 0 rings (SSSR count). The van der Waals surface area contributed by atoms with Crippen LogP contribution in [0.15, 0.2) is 0 Å². The number of ether oxygens (including phenoxy) is 1. The predicted molar refractivity (Wildman–Crippen MR) is 45.6 cm³/mol. The van der Waals surface area contributed by atoms with Crippen LogP contribution >= 0.6 is 0 Å². The third-order valence-electron chi connectivity index (χ3n) is 1.25. The Bertz CT molecular complexity index is 185. The van der Waals surface area contributed by atoms with Gasteiger partial charge in [0.2, 0.25) is 5.91 Å². The van der Waals surface area contributed by atoms with E-state index in [1.165, 1.54) is 0 Å². The van der Waals surface area contributed by atoms with Crippen molar-refractivity contribution in [2.45, 2.75) is 6.04 Å². The highest BCUT2D eigenvalue weighted by Crippen LogP contribution is 1.74. The van der Waals surface area contributed by atoms with Crippen molar-refractivity contribution < 1.29 is 14.3 Å². The average molecular weight is 190 g/mol. The molecule has 0 spiro atoms. The summed E-state index contributed by atoms with van der Waals surface area (Å²) in [7, 11) is 0. The molecule has 0 aliphatic carbocycles. The molecule has 0 aliphatic rings. The van der Waals surface area contributed by atoms with Crippen molar-refractivity contribution in [3.05, 3.63) is 0 Å². The highest BCUT2D eigenvalue weighted by atomic mass is 16.5. The lowest BCUT2D eigenvalue weighted by Gasteiger charge is -2.08. The Hall–Kier alpha value is -1.34. The van der Waals surface area contributed by atoms with Crippen LogP contribution in [0.25, 0.3) is 0 Å². The van der Waals surface area contributed by atoms with Crippen LogP contribution in [-0.4, -0.2) is 37.7 Å². The number of hydrogen-bond donors (Lipinski definition) is 4. The number of primary amides is 2. The predicted octanol–water partition coefficient (Wildman–Crippen LogP) is -2.52. The zero-order valence-corrected chi connectivity index (χ0v) is 7.16. The molecule has 0 aromatic heterocycles. The van der Waals surface area contributed by atoms with Crippen LogP contribution in [0.5, 0.6) is 0 Å². The molecule has 1 unspecified atom stereocenters. The summed E-state index contributed by atoms with van der Waals surface area (Å²) < 4.78 is 4.40. The van der Waals surface area contributed by atoms with Crippen LogP contribution in [0.1, 0.15) is 0 Å². The number of carbonyl (C=O) groups excluding carboxylic acids is 2. The lowest BCUT2D eigenvalue weighted by Crippen LogP contribution is -2.45. The molecular weight excluding hydrogens is 176 g/mol. The van der Waals surface area contributed by atoms with Gasteiger partial charge in [0.1, 0.15) is 6.61 Å². The molecule has 1 atom stereocenters. The highest BCUT2D eigenvalue weighted by molar-refractivity contribution is 5.79. The summed E-state index contributed by atoms with van der Waals surface area (Å²) in [5.41, 5.74) is 14.9. The summed E-state index contributed by atoms with van der Waals surface area (Å²) in [6, 6.07) is -0.728. The largest absolute Gasteiger partial charge is 0.448 e. The molecule has 7 N–H and O–H groups in total. The van der Waals surface area contributed by atoms with E-state index in [1.807, 2.05) is 0 Å². The van der Waals surface area contributed by atoms with E-state index in [-0.39, 0.29) is 13.2 Å². The highest BCUT2D eigenvalue weighted by Gasteiger charge is 2.07. The first-order chi connectivity index (χ1) is 6.04. The lowest BCUT2D eigenvalue weighted by molar-refractivity contribution is -0.119. The lowest BCUT2D eigenvalue weighted by atomic mass is 10.3. The first kappa shape index (κ1) is 11.7. The number of amides is 2. The maximum absolute atomic E-state index is 10.4. The maximum Gasteiger partial charge on any atom is 0.404 e. The minimum Gasteiger partial charge on any atom is -0.448 e. The van der Waals surface area contributed by atoms with Gasteiger partial charge in [0.05, 0.1) is 6.04 Å². The van der Waals surface area contributed by atoms with Gasteiger partial charge in [-0.05, 0) is 0 Å². The van der Waals surface area contributed by atoms with Gasteiger partial charge in [-0.2, -0.15) is 0 Å². The summed E-state index contributed by atoms with van der Waals surface area (Å²) >= 11 is 0. The fourth-order valence-electron chi connectivity index (χ4n) is 0.582. The SMILES string of the molecule is NC(=O)OCCNCC(N)C(N)=O. The summed E-state index contributed by atoms with van der Waals surface area (Å²) in [5.74, 6) is -0.580. The maximum atomic E-state index is 10.4. The molecule has 0 saturated heterocycles. The number of hydrogen-bond acceptors (Lipinski definition) is 5. The van der Waals surface area contributed by atoms with Crippen LogP contribution < -0.4 is 22.5 Å². The second kappa shape index (κ2) is 6.21. The summed E-state index contributed by atoms with van der Waals surface area (Å²) in [5, 5.41) is 2.76. The summed E-state index contributed by atoms with van der Waals surface area (Å²) in [4.78, 5) is 20.5. The van der Waals surface area contributed by atoms with E-state index in [9.17, 15) is 9.59 Å². The van der Waals surface area contributed by atoms with Gasteiger partial charge >= 0.3 is 6.09 Å². The van der Waals surface area contributed by atoms with Crippen LogP contribution in [0.2, 0.25) is 0 Å². The van der Waals surface area contributed by atoms with Crippen LogP contribution in [0.4, 0.5) is 4.79 Å². The van der Waals surface area contributed by atoms with E-state index >= 15 is 0 Å². The summed E-state index contributed by atoms with van der Waals surface area (Å²) in [6.07, 6.45) is -0.832. The van der Waals surface area contributed by atoms with Crippen molar-refractivity contribution in [1.29, 1.82) is 0 Å². The zero-order chi connectivity index (χ0) is 10.3. The minimum atomic E-state index is -0.832. The van der Waals surface area contributed by atoms with Gasteiger partial charge in [-0.1, -0.05) is 0 Å². The quantitative estimate of drug-likeness (QED) is 0.343. The van der Waals surface area contributed by atoms with Crippen molar-refractivity contribution >= 4 is 12.0 Å². The first-order valence-electron chi connectivity index (χ1n) is 3.72. The number of carbonyl (C=O) groups is 2. The molecule has 0 fully saturated rings. The number of nitrogens with one attached hydrogen (secondary N) is 1. The van der Waals surface area contributed by atoms with Gasteiger partial charge in [0, 0.05) is 13.1 Å². The molecule has 2 amide bonds. The van der Waals surface area contributed by atoms with Crippen molar-refractivity contribution in [1.82, 2.24) is 5.32 Å². The minimum absolute atomic E-state index is 0.140. The number of nitrogens with two attached hydrogens (primary N) is 3. The second-order valence-electron chi connectivity index (χ2n) is 2.38. The Morgan fingerprint density at radius 1 is 1.38 bits per heavy atom. The fraction of sp³-hybridized carbons (Fsp3) is 0.667. The van der Waals surface area contributed by atoms with Crippen molar-refractivity contribution in [3.63, 3.8) is 0 Å². The van der Waals surface area contributed by atoms with Crippen LogP contribution in [0.3, 0.4) is 0 Å². The molecule has 0 radical (unpaired) electrons. The van der Waals surface area contributed by atoms with Gasteiger partial charge < -0.3 is 27.3 Å². The summed E-state index contributed by atoms with van der Waals surface area (Å²) in [6.45, 7) is 0.766. The Kier molecular flexibility index (Phi) is 5.57. The molecule has 7 nitrogen and oxygen atoms in total. The van der Waals surface area contributed by atoms with E-state index in [0.717, 1.165) is 0 Å². The van der Waals surface area contributed by atoms with E-state index in [4.69, 9.17) is 17.2 Å². The molecule has 0 aromatic carbocycles. The Balaban J connectivity index is 3.26. The fourth-order valence-corrected chi connectivity index (χ4v) is 0.582. The smallest absolute Gasteiger partial charge is 0.404 e. The monoisotopic (exact) mass is 190 g/mol. The van der Waals surface area contributed by atoms with E-state index in [1.54, 1.807) is 0 Å². The second-order valence-corrected chi connectivity index (χ2v) is 2.38. The van der Waals surface area contributed by atoms with Gasteiger partial charge in [-0.3, -0.25) is 4.79 Å². The molecule has 0 aromatic rings. The van der Waals surface area contributed by atoms with E-state index < -0.39 is 18.0 Å². The van der Waals surface area contributed by atoms with Crippen molar-refractivity contribution in [2.24, 2.45) is 17.2 Å². The topological polar surface area (TPSA) is 133 Å². The van der Waals surface area contributed by atoms with Gasteiger partial charge in [0.25, 0.3) is 0 Å². The average Bonchev–Trinajstić information content (AvgIpc) is 2.02. The van der Waals surface area contributed by atoms with Crippen LogP contribution in [-0.2, 0) is 9.53 Å². The Labute approximate surface area is 75.6 Å². The van der Waals surface area contributed by atoms with Gasteiger partial charge in [0.15, 0.2) is 0 Å². The number of rotatable bonds is 6. The van der Waals surface area contributed by atoms with Crippen molar-refractivity contribution in [3.8, 4) is 0 Å². The van der Waals surface area contributed by atoms with E-state index in [2.05, 4.69) is 10.1 Å². The standard InChI is InChI=1S/C6H14N4O3/c7-4(5(8)11)3-10-1-2-13-6(9)12/h4,10H,1-3,7H2,(H2,8,11)(H2,9,12). The Morgan fingerprint density at radius 2 is 2.00 bits per heavy atom. The first-order valence-corrected chi connectivity index (χ1v) is 3.72. The van der Waals surface area contributed by atoms with Crippen molar-refractivity contribution in [2.75, 3.05) is 19.7 Å².